The fourth-order valence-corrected chi connectivity index (χ4v) is 5.09. The van der Waals surface area contributed by atoms with Crippen LogP contribution < -0.4 is 9.21 Å². The average molecular weight is 433 g/mol. The molecule has 8 heteroatoms. The van der Waals surface area contributed by atoms with Crippen LogP contribution in [-0.4, -0.2) is 14.4 Å². The van der Waals surface area contributed by atoms with E-state index in [4.69, 9.17) is 23.2 Å². The van der Waals surface area contributed by atoms with Crippen molar-refractivity contribution in [2.45, 2.75) is 11.4 Å². The largest absolute Gasteiger partial charge is 0.343 e. The number of halogens is 2. The summed E-state index contributed by atoms with van der Waals surface area (Å²) < 4.78 is 27.2. The normalized spacial score (nSPS) is 15.4. The van der Waals surface area contributed by atoms with Crippen LogP contribution in [0, 0.1) is 0 Å². The second-order valence-electron chi connectivity index (χ2n) is 6.18. The number of carbonyl (C=O) groups is 1. The molecule has 142 valence electrons. The van der Waals surface area contributed by atoms with Crippen LogP contribution in [0.2, 0.25) is 10.0 Å². The number of fused-ring (bicyclic) bond motifs is 1. The molecular formula is C20H14Cl2N2O3S. The minimum Gasteiger partial charge on any atom is -0.287 e. The van der Waals surface area contributed by atoms with E-state index in [2.05, 4.69) is 0 Å². The first-order chi connectivity index (χ1) is 13.4. The van der Waals surface area contributed by atoms with Gasteiger partial charge in [-0.3, -0.25) is 4.90 Å². The number of urea groups is 1. The Hall–Kier alpha value is -2.54. The summed E-state index contributed by atoms with van der Waals surface area (Å²) in [6.45, 7) is 0.184. The van der Waals surface area contributed by atoms with Crippen molar-refractivity contribution in [1.29, 1.82) is 0 Å². The molecule has 4 rings (SSSR count). The summed E-state index contributed by atoms with van der Waals surface area (Å²) in [6.07, 6.45) is 0. The minimum absolute atomic E-state index is 0.0449. The Kier molecular flexibility index (Phi) is 4.79. The number of sulfonamides is 1. The smallest absolute Gasteiger partial charge is 0.287 e. The van der Waals surface area contributed by atoms with Gasteiger partial charge < -0.3 is 0 Å². The molecule has 28 heavy (non-hydrogen) atoms. The number of nitrogens with zero attached hydrogens (tertiary/aromatic N) is 2. The highest BCUT2D eigenvalue weighted by Gasteiger charge is 2.43. The second-order valence-corrected chi connectivity index (χ2v) is 8.78. The van der Waals surface area contributed by atoms with Crippen LogP contribution in [0.1, 0.15) is 5.56 Å². The molecule has 0 aliphatic carbocycles. The Morgan fingerprint density at radius 3 is 2.07 bits per heavy atom. The number of hydrogen-bond acceptors (Lipinski definition) is 3. The predicted octanol–water partition coefficient (Wildman–Crippen LogP) is 5.33. The van der Waals surface area contributed by atoms with Gasteiger partial charge in [0, 0.05) is 5.02 Å². The van der Waals surface area contributed by atoms with E-state index in [0.717, 1.165) is 9.87 Å². The maximum atomic E-state index is 13.3. The first-order valence-corrected chi connectivity index (χ1v) is 10.5. The highest BCUT2D eigenvalue weighted by atomic mass is 35.5. The van der Waals surface area contributed by atoms with Gasteiger partial charge in [0.15, 0.2) is 0 Å². The Bertz CT molecular complexity index is 1160. The molecule has 0 aromatic heterocycles. The molecule has 1 heterocycles. The lowest BCUT2D eigenvalue weighted by Gasteiger charge is -2.36. The molecule has 0 saturated heterocycles. The van der Waals surface area contributed by atoms with Crippen molar-refractivity contribution in [3.8, 4) is 0 Å². The number of benzene rings is 3. The lowest BCUT2D eigenvalue weighted by Crippen LogP contribution is -2.50. The summed E-state index contributed by atoms with van der Waals surface area (Å²) in [5.74, 6) is 0. The van der Waals surface area contributed by atoms with E-state index in [1.807, 2.05) is 0 Å². The van der Waals surface area contributed by atoms with E-state index >= 15 is 0 Å². The Morgan fingerprint density at radius 1 is 0.786 bits per heavy atom. The van der Waals surface area contributed by atoms with Crippen LogP contribution in [0.5, 0.6) is 0 Å². The van der Waals surface area contributed by atoms with E-state index in [1.165, 1.54) is 17.0 Å². The zero-order valence-corrected chi connectivity index (χ0v) is 16.7. The van der Waals surface area contributed by atoms with Crippen molar-refractivity contribution >= 4 is 50.6 Å². The van der Waals surface area contributed by atoms with Crippen LogP contribution in [0.3, 0.4) is 0 Å². The standard InChI is InChI=1S/C20H14Cl2N2O3S/c21-15-11-9-14(10-12-15)13-23-18-7-3-4-8-19(18)28(26,27)24(20(23)25)17-6-2-1-5-16(17)22/h1-12H,13H2. The van der Waals surface area contributed by atoms with Gasteiger partial charge in [-0.05, 0) is 42.0 Å². The molecule has 0 spiro atoms. The molecule has 5 nitrogen and oxygen atoms in total. The number of carbonyl (C=O) groups excluding carboxylic acids is 1. The van der Waals surface area contributed by atoms with Crippen molar-refractivity contribution in [2.75, 3.05) is 9.21 Å². The van der Waals surface area contributed by atoms with Gasteiger partial charge in [-0.25, -0.2) is 13.2 Å². The third-order valence-corrected chi connectivity index (χ3v) is 6.71. The van der Waals surface area contributed by atoms with Gasteiger partial charge in [-0.1, -0.05) is 59.6 Å². The molecular weight excluding hydrogens is 419 g/mol. The van der Waals surface area contributed by atoms with Gasteiger partial charge >= 0.3 is 6.03 Å². The topological polar surface area (TPSA) is 57.7 Å². The highest BCUT2D eigenvalue weighted by Crippen LogP contribution is 2.40. The summed E-state index contributed by atoms with van der Waals surface area (Å²) in [5.41, 5.74) is 1.25. The fraction of sp³-hybridized carbons (Fsp3) is 0.0500. The molecule has 0 fully saturated rings. The maximum Gasteiger partial charge on any atom is 0.343 e. The van der Waals surface area contributed by atoms with Gasteiger partial charge in [-0.2, -0.15) is 4.31 Å². The zero-order chi connectivity index (χ0) is 19.9. The third kappa shape index (κ3) is 3.13. The Morgan fingerprint density at radius 2 is 1.39 bits per heavy atom. The molecule has 2 amide bonds. The van der Waals surface area contributed by atoms with E-state index in [1.54, 1.807) is 60.7 Å². The summed E-state index contributed by atoms with van der Waals surface area (Å²) in [4.78, 5) is 14.8. The lowest BCUT2D eigenvalue weighted by molar-refractivity contribution is 0.253. The van der Waals surface area contributed by atoms with E-state index in [0.29, 0.717) is 10.7 Å². The van der Waals surface area contributed by atoms with Crippen molar-refractivity contribution in [3.63, 3.8) is 0 Å². The highest BCUT2D eigenvalue weighted by molar-refractivity contribution is 7.94. The minimum atomic E-state index is -4.10. The number of amides is 2. The van der Waals surface area contributed by atoms with Gasteiger partial charge in [0.05, 0.1) is 22.9 Å². The van der Waals surface area contributed by atoms with Crippen molar-refractivity contribution in [2.24, 2.45) is 0 Å². The molecule has 0 N–H and O–H groups in total. The Balaban J connectivity index is 1.88. The van der Waals surface area contributed by atoms with Crippen LogP contribution in [0.4, 0.5) is 16.2 Å². The Labute approximate surface area is 172 Å². The maximum absolute atomic E-state index is 13.3. The third-order valence-electron chi connectivity index (χ3n) is 4.40. The summed E-state index contributed by atoms with van der Waals surface area (Å²) in [7, 11) is -4.10. The first kappa shape index (κ1) is 18.8. The summed E-state index contributed by atoms with van der Waals surface area (Å²) in [5, 5.41) is 0.750. The number of hydrogen-bond donors (Lipinski definition) is 0. The van der Waals surface area contributed by atoms with Gasteiger partial charge in [0.1, 0.15) is 4.90 Å². The molecule has 0 bridgehead atoms. The zero-order valence-electron chi connectivity index (χ0n) is 14.4. The predicted molar refractivity (Wildman–Crippen MR) is 111 cm³/mol. The number of para-hydroxylation sites is 2. The SMILES string of the molecule is O=C1N(Cc2ccc(Cl)cc2)c2ccccc2S(=O)(=O)N1c1ccccc1Cl. The molecule has 0 atom stereocenters. The van der Waals surface area contributed by atoms with Crippen LogP contribution in [0.15, 0.2) is 77.7 Å². The molecule has 3 aromatic carbocycles. The molecule has 0 saturated carbocycles. The number of rotatable bonds is 3. The molecule has 1 aliphatic heterocycles. The monoisotopic (exact) mass is 432 g/mol. The summed E-state index contributed by atoms with van der Waals surface area (Å²) in [6, 6.07) is 19.1. The second kappa shape index (κ2) is 7.13. The van der Waals surface area contributed by atoms with E-state index in [9.17, 15) is 13.2 Å². The van der Waals surface area contributed by atoms with Crippen LogP contribution in [-0.2, 0) is 16.6 Å². The lowest BCUT2D eigenvalue weighted by atomic mass is 10.2. The molecule has 1 aliphatic rings. The van der Waals surface area contributed by atoms with Crippen LogP contribution >= 0.6 is 23.2 Å². The first-order valence-electron chi connectivity index (χ1n) is 8.34. The fourth-order valence-electron chi connectivity index (χ4n) is 3.09. The van der Waals surface area contributed by atoms with Crippen LogP contribution in [0.25, 0.3) is 0 Å². The average Bonchev–Trinajstić information content (AvgIpc) is 2.68. The van der Waals surface area contributed by atoms with Crippen molar-refractivity contribution in [1.82, 2.24) is 0 Å². The van der Waals surface area contributed by atoms with Gasteiger partial charge in [0.2, 0.25) is 0 Å². The summed E-state index contributed by atoms with van der Waals surface area (Å²) >= 11 is 12.2. The molecule has 0 unspecified atom stereocenters. The van der Waals surface area contributed by atoms with E-state index < -0.39 is 16.1 Å². The van der Waals surface area contributed by atoms with Gasteiger partial charge in [0.25, 0.3) is 10.0 Å². The van der Waals surface area contributed by atoms with Crippen molar-refractivity contribution < 1.29 is 13.2 Å². The van der Waals surface area contributed by atoms with Crippen molar-refractivity contribution in [3.05, 3.63) is 88.4 Å². The van der Waals surface area contributed by atoms with Gasteiger partial charge in [-0.15, -0.1) is 0 Å². The molecule has 0 radical (unpaired) electrons. The van der Waals surface area contributed by atoms with E-state index in [-0.39, 0.29) is 22.2 Å². The quantitative estimate of drug-likeness (QED) is 0.561. The number of anilines is 2. The molecule has 3 aromatic rings.